The molecule has 0 saturated carbocycles. The van der Waals surface area contributed by atoms with Crippen molar-refractivity contribution in [3.8, 4) is 23.7 Å². The van der Waals surface area contributed by atoms with E-state index < -0.39 is 11.2 Å². The molecule has 0 radical (unpaired) electrons. The molecule has 0 atom stereocenters. The van der Waals surface area contributed by atoms with Gasteiger partial charge in [0.2, 0.25) is 0 Å². The second kappa shape index (κ2) is 8.73. The lowest BCUT2D eigenvalue weighted by Gasteiger charge is -2.05. The summed E-state index contributed by atoms with van der Waals surface area (Å²) in [6.45, 7) is 0. The number of aromatic carboxylic acids is 1. The molecule has 0 aliphatic heterocycles. The van der Waals surface area contributed by atoms with Gasteiger partial charge in [0.15, 0.2) is 0 Å². The summed E-state index contributed by atoms with van der Waals surface area (Å²) < 4.78 is 0. The van der Waals surface area contributed by atoms with E-state index in [9.17, 15) is 14.7 Å². The first kappa shape index (κ1) is 19.0. The maximum atomic E-state index is 11.7. The van der Waals surface area contributed by atoms with Crippen molar-refractivity contribution in [1.82, 2.24) is 0 Å². The Balaban J connectivity index is 2.16. The van der Waals surface area contributed by atoms with Crippen molar-refractivity contribution in [2.75, 3.05) is 0 Å². The Morgan fingerprint density at radius 1 is 0.679 bits per heavy atom. The minimum absolute atomic E-state index is 0.114. The number of halogens is 1. The highest BCUT2D eigenvalue weighted by Crippen LogP contribution is 2.19. The van der Waals surface area contributed by atoms with Crippen LogP contribution in [0.15, 0.2) is 72.8 Å². The number of hydrogen-bond donors (Lipinski definition) is 1. The van der Waals surface area contributed by atoms with E-state index in [1.165, 1.54) is 12.1 Å². The third kappa shape index (κ3) is 4.68. The van der Waals surface area contributed by atoms with Gasteiger partial charge in [0.05, 0.1) is 5.56 Å². The largest absolute Gasteiger partial charge is 0.478 e. The standard InChI is InChI=1S/C24H13ClO3/c25-23(26)21-15-19(13-11-17-7-3-1-4-8-17)20(16-22(21)24(27)28)14-12-18-9-5-2-6-10-18/h1-10,15-16H,(H,27,28). The summed E-state index contributed by atoms with van der Waals surface area (Å²) >= 11 is 5.58. The number of rotatable bonds is 2. The van der Waals surface area contributed by atoms with Crippen LogP contribution in [0.3, 0.4) is 0 Å². The fourth-order valence-corrected chi connectivity index (χ4v) is 2.62. The number of benzene rings is 3. The molecule has 0 saturated heterocycles. The maximum absolute atomic E-state index is 11.7. The molecule has 0 aliphatic carbocycles. The number of hydrogen-bond acceptors (Lipinski definition) is 2. The van der Waals surface area contributed by atoms with Crippen LogP contribution < -0.4 is 0 Å². The summed E-state index contributed by atoms with van der Waals surface area (Å²) in [6.07, 6.45) is 0. The van der Waals surface area contributed by atoms with Crippen molar-refractivity contribution in [2.45, 2.75) is 0 Å². The molecule has 0 heterocycles. The topological polar surface area (TPSA) is 54.4 Å². The van der Waals surface area contributed by atoms with Crippen LogP contribution >= 0.6 is 11.6 Å². The number of carboxylic acid groups (broad SMARTS) is 1. The summed E-state index contributed by atoms with van der Waals surface area (Å²) in [4.78, 5) is 23.3. The molecule has 0 unspecified atom stereocenters. The molecule has 0 fully saturated rings. The predicted molar refractivity (Wildman–Crippen MR) is 108 cm³/mol. The van der Waals surface area contributed by atoms with Crippen molar-refractivity contribution < 1.29 is 14.7 Å². The van der Waals surface area contributed by atoms with E-state index in [0.717, 1.165) is 11.1 Å². The Hall–Kier alpha value is -3.79. The summed E-state index contributed by atoms with van der Waals surface area (Å²) in [6, 6.07) is 21.3. The lowest BCUT2D eigenvalue weighted by Crippen LogP contribution is -2.07. The Bertz CT molecular complexity index is 1060. The SMILES string of the molecule is O=C(O)c1cc(C#Cc2ccccc2)c(C#Cc2ccccc2)cc1C(=O)Cl. The van der Waals surface area contributed by atoms with Gasteiger partial charge >= 0.3 is 5.97 Å². The van der Waals surface area contributed by atoms with E-state index in [-0.39, 0.29) is 11.1 Å². The predicted octanol–water partition coefficient (Wildman–Crippen LogP) is 4.56. The van der Waals surface area contributed by atoms with Gasteiger partial charge in [-0.3, -0.25) is 4.79 Å². The van der Waals surface area contributed by atoms with E-state index in [4.69, 9.17) is 11.6 Å². The number of carbonyl (C=O) groups is 2. The van der Waals surface area contributed by atoms with Crippen molar-refractivity contribution >= 4 is 22.8 Å². The normalized spacial score (nSPS) is 9.46. The van der Waals surface area contributed by atoms with Crippen LogP contribution in [0.5, 0.6) is 0 Å². The highest BCUT2D eigenvalue weighted by atomic mass is 35.5. The van der Waals surface area contributed by atoms with Crippen LogP contribution in [0.1, 0.15) is 43.0 Å². The lowest BCUT2D eigenvalue weighted by atomic mass is 9.98. The fraction of sp³-hybridized carbons (Fsp3) is 0. The highest BCUT2D eigenvalue weighted by Gasteiger charge is 2.18. The van der Waals surface area contributed by atoms with Crippen LogP contribution in [0, 0.1) is 23.7 Å². The molecule has 0 aromatic heterocycles. The maximum Gasteiger partial charge on any atom is 0.336 e. The lowest BCUT2D eigenvalue weighted by molar-refractivity contribution is 0.0693. The molecule has 0 bridgehead atoms. The van der Waals surface area contributed by atoms with E-state index in [1.54, 1.807) is 0 Å². The van der Waals surface area contributed by atoms with E-state index in [2.05, 4.69) is 23.7 Å². The van der Waals surface area contributed by atoms with Gasteiger partial charge in [-0.2, -0.15) is 0 Å². The molecule has 3 nitrogen and oxygen atoms in total. The summed E-state index contributed by atoms with van der Waals surface area (Å²) in [5.41, 5.74) is 2.08. The van der Waals surface area contributed by atoms with Gasteiger partial charge in [-0.25, -0.2) is 4.79 Å². The van der Waals surface area contributed by atoms with Crippen molar-refractivity contribution in [3.05, 3.63) is 106 Å². The Labute approximate surface area is 167 Å². The molecule has 0 spiro atoms. The second-order valence-corrected chi connectivity index (χ2v) is 6.10. The zero-order chi connectivity index (χ0) is 19.9. The fourth-order valence-electron chi connectivity index (χ4n) is 2.47. The van der Waals surface area contributed by atoms with Crippen molar-refractivity contribution in [2.24, 2.45) is 0 Å². The zero-order valence-corrected chi connectivity index (χ0v) is 15.3. The first-order valence-electron chi connectivity index (χ1n) is 8.30. The molecule has 3 aromatic carbocycles. The summed E-state index contributed by atoms with van der Waals surface area (Å²) in [5, 5.41) is 8.57. The smallest absolute Gasteiger partial charge is 0.336 e. The number of carboxylic acids is 1. The molecule has 28 heavy (non-hydrogen) atoms. The minimum atomic E-state index is -1.26. The average molecular weight is 385 g/mol. The van der Waals surface area contributed by atoms with Gasteiger partial charge in [-0.15, -0.1) is 0 Å². The zero-order valence-electron chi connectivity index (χ0n) is 14.6. The van der Waals surface area contributed by atoms with Crippen LogP contribution in [-0.2, 0) is 0 Å². The first-order valence-corrected chi connectivity index (χ1v) is 8.67. The van der Waals surface area contributed by atoms with Crippen molar-refractivity contribution in [3.63, 3.8) is 0 Å². The van der Waals surface area contributed by atoms with Crippen LogP contribution in [0.2, 0.25) is 0 Å². The molecule has 0 amide bonds. The molecule has 0 aliphatic rings. The first-order chi connectivity index (χ1) is 13.5. The van der Waals surface area contributed by atoms with Gasteiger partial charge in [-0.1, -0.05) is 60.1 Å². The second-order valence-electron chi connectivity index (χ2n) is 5.75. The van der Waals surface area contributed by atoms with Crippen LogP contribution in [-0.4, -0.2) is 16.3 Å². The highest BCUT2D eigenvalue weighted by molar-refractivity contribution is 6.68. The third-order valence-electron chi connectivity index (χ3n) is 3.83. The molecular weight excluding hydrogens is 372 g/mol. The van der Waals surface area contributed by atoms with Gasteiger partial charge in [0.1, 0.15) is 0 Å². The van der Waals surface area contributed by atoms with E-state index in [1.807, 2.05) is 60.7 Å². The van der Waals surface area contributed by atoms with Crippen molar-refractivity contribution in [1.29, 1.82) is 0 Å². The Morgan fingerprint density at radius 2 is 1.11 bits per heavy atom. The molecule has 1 N–H and O–H groups in total. The third-order valence-corrected chi connectivity index (χ3v) is 4.03. The van der Waals surface area contributed by atoms with Gasteiger partial charge < -0.3 is 5.11 Å². The molecule has 3 rings (SSSR count). The van der Waals surface area contributed by atoms with Crippen LogP contribution in [0.25, 0.3) is 0 Å². The summed E-state index contributed by atoms with van der Waals surface area (Å²) in [5.74, 6) is 10.7. The van der Waals surface area contributed by atoms with Gasteiger partial charge in [0.25, 0.3) is 5.24 Å². The number of carbonyl (C=O) groups excluding carboxylic acids is 1. The monoisotopic (exact) mass is 384 g/mol. The summed E-state index contributed by atoms with van der Waals surface area (Å²) in [7, 11) is 0. The minimum Gasteiger partial charge on any atom is -0.478 e. The molecule has 134 valence electrons. The quantitative estimate of drug-likeness (QED) is 0.520. The average Bonchev–Trinajstić information content (AvgIpc) is 2.71. The molecular formula is C24H13ClO3. The Kier molecular flexibility index (Phi) is 5.92. The Morgan fingerprint density at radius 3 is 1.50 bits per heavy atom. The van der Waals surface area contributed by atoms with E-state index >= 15 is 0 Å². The molecule has 3 aromatic rings. The van der Waals surface area contributed by atoms with Gasteiger partial charge in [-0.05, 0) is 48.0 Å². The van der Waals surface area contributed by atoms with Crippen LogP contribution in [0.4, 0.5) is 0 Å². The molecule has 4 heteroatoms. The van der Waals surface area contributed by atoms with E-state index in [0.29, 0.717) is 11.1 Å². The van der Waals surface area contributed by atoms with Gasteiger partial charge in [0, 0.05) is 27.8 Å².